The van der Waals surface area contributed by atoms with Crippen LogP contribution in [-0.4, -0.2) is 53.8 Å². The highest BCUT2D eigenvalue weighted by atomic mass is 16.2. The molecule has 0 aromatic heterocycles. The number of hydrogen-bond donors (Lipinski definition) is 1. The molecule has 0 bridgehead atoms. The smallest absolute Gasteiger partial charge is 0.237 e. The van der Waals surface area contributed by atoms with Gasteiger partial charge >= 0.3 is 0 Å². The summed E-state index contributed by atoms with van der Waals surface area (Å²) in [5, 5.41) is 2.86. The standard InChI is InChI=1S/C20H31N3O2/c1-15(2)21-19(24)13-22(4)14-20(25)23(16(3)18-10-11-18)12-17-8-6-5-7-9-17/h5-9,15-16,18H,10-14H2,1-4H3,(H,21,24)/t16-/m1/s1. The van der Waals surface area contributed by atoms with E-state index in [-0.39, 0.29) is 37.0 Å². The normalized spacial score (nSPS) is 15.3. The Labute approximate surface area is 151 Å². The summed E-state index contributed by atoms with van der Waals surface area (Å²) >= 11 is 0. The van der Waals surface area contributed by atoms with E-state index in [1.165, 1.54) is 12.8 Å². The van der Waals surface area contributed by atoms with E-state index in [1.54, 1.807) is 4.90 Å². The minimum absolute atomic E-state index is 0.0462. The summed E-state index contributed by atoms with van der Waals surface area (Å²) in [6.07, 6.45) is 2.40. The molecule has 0 heterocycles. The van der Waals surface area contributed by atoms with E-state index in [2.05, 4.69) is 24.4 Å². The molecule has 1 aliphatic carbocycles. The SMILES string of the molecule is CC(C)NC(=O)CN(C)CC(=O)N(Cc1ccccc1)[C@H](C)C1CC1. The zero-order valence-corrected chi connectivity index (χ0v) is 15.9. The Morgan fingerprint density at radius 1 is 1.12 bits per heavy atom. The van der Waals surface area contributed by atoms with Gasteiger partial charge in [0.05, 0.1) is 13.1 Å². The maximum atomic E-state index is 12.9. The van der Waals surface area contributed by atoms with Crippen molar-refractivity contribution in [2.24, 2.45) is 5.92 Å². The van der Waals surface area contributed by atoms with E-state index in [4.69, 9.17) is 0 Å². The fraction of sp³-hybridized carbons (Fsp3) is 0.600. The van der Waals surface area contributed by atoms with Crippen LogP contribution in [0.3, 0.4) is 0 Å². The number of carbonyl (C=O) groups excluding carboxylic acids is 2. The van der Waals surface area contributed by atoms with Crippen molar-refractivity contribution in [3.63, 3.8) is 0 Å². The molecule has 1 aromatic rings. The van der Waals surface area contributed by atoms with Crippen LogP contribution in [0.1, 0.15) is 39.2 Å². The number of carbonyl (C=O) groups is 2. The molecule has 1 aliphatic rings. The van der Waals surface area contributed by atoms with Gasteiger partial charge in [-0.3, -0.25) is 14.5 Å². The van der Waals surface area contributed by atoms with Crippen molar-refractivity contribution in [2.45, 2.75) is 52.2 Å². The Hall–Kier alpha value is -1.88. The maximum Gasteiger partial charge on any atom is 0.237 e. The first-order valence-electron chi connectivity index (χ1n) is 9.18. The molecule has 2 rings (SSSR count). The summed E-state index contributed by atoms with van der Waals surface area (Å²) in [6.45, 7) is 7.13. The summed E-state index contributed by atoms with van der Waals surface area (Å²) in [5.41, 5.74) is 1.14. The Morgan fingerprint density at radius 3 is 2.32 bits per heavy atom. The number of rotatable bonds is 9. The van der Waals surface area contributed by atoms with Crippen LogP contribution in [0.15, 0.2) is 30.3 Å². The van der Waals surface area contributed by atoms with Gasteiger partial charge in [-0.2, -0.15) is 0 Å². The molecule has 1 N–H and O–H groups in total. The minimum atomic E-state index is -0.0462. The van der Waals surface area contributed by atoms with Gasteiger partial charge in [0.1, 0.15) is 0 Å². The number of hydrogen-bond acceptors (Lipinski definition) is 3. The van der Waals surface area contributed by atoms with Crippen LogP contribution in [0, 0.1) is 5.92 Å². The average molecular weight is 345 g/mol. The third-order valence-corrected chi connectivity index (χ3v) is 4.58. The van der Waals surface area contributed by atoms with Gasteiger partial charge in [-0.15, -0.1) is 0 Å². The molecule has 5 heteroatoms. The van der Waals surface area contributed by atoms with Crippen molar-refractivity contribution < 1.29 is 9.59 Å². The molecule has 2 amide bonds. The summed E-state index contributed by atoms with van der Waals surface area (Å²) < 4.78 is 0. The second-order valence-corrected chi connectivity index (χ2v) is 7.48. The zero-order valence-electron chi connectivity index (χ0n) is 15.9. The lowest BCUT2D eigenvalue weighted by Crippen LogP contribution is -2.46. The molecule has 138 valence electrons. The molecule has 0 saturated heterocycles. The van der Waals surface area contributed by atoms with E-state index in [0.717, 1.165) is 5.56 Å². The minimum Gasteiger partial charge on any atom is -0.353 e. The maximum absolute atomic E-state index is 12.9. The van der Waals surface area contributed by atoms with Crippen molar-refractivity contribution in [1.82, 2.24) is 15.1 Å². The van der Waals surface area contributed by atoms with Crippen LogP contribution in [0.25, 0.3) is 0 Å². The predicted molar refractivity (Wildman–Crippen MR) is 100.0 cm³/mol. The lowest BCUT2D eigenvalue weighted by Gasteiger charge is -2.31. The molecule has 25 heavy (non-hydrogen) atoms. The molecule has 5 nitrogen and oxygen atoms in total. The quantitative estimate of drug-likeness (QED) is 0.747. The van der Waals surface area contributed by atoms with Crippen LogP contribution in [0.5, 0.6) is 0 Å². The van der Waals surface area contributed by atoms with Crippen LogP contribution in [0.4, 0.5) is 0 Å². The molecule has 1 fully saturated rings. The summed E-state index contributed by atoms with van der Waals surface area (Å²) in [4.78, 5) is 28.5. The molecular weight excluding hydrogens is 314 g/mol. The highest BCUT2D eigenvalue weighted by molar-refractivity contribution is 5.81. The highest BCUT2D eigenvalue weighted by Gasteiger charge is 2.34. The second kappa shape index (κ2) is 8.99. The Balaban J connectivity index is 1.96. The van der Waals surface area contributed by atoms with Gasteiger partial charge in [-0.25, -0.2) is 0 Å². The van der Waals surface area contributed by atoms with Crippen molar-refractivity contribution in [3.8, 4) is 0 Å². The van der Waals surface area contributed by atoms with Gasteiger partial charge < -0.3 is 10.2 Å². The largest absolute Gasteiger partial charge is 0.353 e. The topological polar surface area (TPSA) is 52.7 Å². The van der Waals surface area contributed by atoms with Crippen LogP contribution in [0.2, 0.25) is 0 Å². The number of likely N-dealkylation sites (N-methyl/N-ethyl adjacent to an activating group) is 1. The fourth-order valence-corrected chi connectivity index (χ4v) is 3.06. The second-order valence-electron chi connectivity index (χ2n) is 7.48. The van der Waals surface area contributed by atoms with Crippen molar-refractivity contribution in [2.75, 3.05) is 20.1 Å². The third kappa shape index (κ3) is 6.50. The summed E-state index contributed by atoms with van der Waals surface area (Å²) in [6, 6.07) is 10.5. The van der Waals surface area contributed by atoms with Gasteiger partial charge in [0, 0.05) is 18.6 Å². The first-order chi connectivity index (χ1) is 11.9. The molecule has 0 aliphatic heterocycles. The van der Waals surface area contributed by atoms with E-state index in [9.17, 15) is 9.59 Å². The van der Waals surface area contributed by atoms with Crippen molar-refractivity contribution in [3.05, 3.63) is 35.9 Å². The Kier molecular flexibility index (Phi) is 7.00. The van der Waals surface area contributed by atoms with E-state index < -0.39 is 0 Å². The van der Waals surface area contributed by atoms with Gasteiger partial charge in [0.2, 0.25) is 11.8 Å². The van der Waals surface area contributed by atoms with Crippen molar-refractivity contribution >= 4 is 11.8 Å². The van der Waals surface area contributed by atoms with E-state index in [1.807, 2.05) is 44.0 Å². The highest BCUT2D eigenvalue weighted by Crippen LogP contribution is 2.35. The van der Waals surface area contributed by atoms with Crippen LogP contribution < -0.4 is 5.32 Å². The molecule has 0 unspecified atom stereocenters. The predicted octanol–water partition coefficient (Wildman–Crippen LogP) is 2.27. The van der Waals surface area contributed by atoms with E-state index >= 15 is 0 Å². The molecule has 0 radical (unpaired) electrons. The lowest BCUT2D eigenvalue weighted by atomic mass is 10.1. The number of amides is 2. The van der Waals surface area contributed by atoms with Gasteiger partial charge in [0.15, 0.2) is 0 Å². The monoisotopic (exact) mass is 345 g/mol. The Bertz CT molecular complexity index is 570. The van der Waals surface area contributed by atoms with Gasteiger partial charge in [-0.05, 0) is 52.1 Å². The number of benzene rings is 1. The van der Waals surface area contributed by atoms with Crippen molar-refractivity contribution in [1.29, 1.82) is 0 Å². The molecular formula is C20H31N3O2. The lowest BCUT2D eigenvalue weighted by molar-refractivity contribution is -0.135. The number of nitrogens with zero attached hydrogens (tertiary/aromatic N) is 2. The summed E-state index contributed by atoms with van der Waals surface area (Å²) in [5.74, 6) is 0.653. The van der Waals surface area contributed by atoms with Crippen LogP contribution >= 0.6 is 0 Å². The fourth-order valence-electron chi connectivity index (χ4n) is 3.06. The number of nitrogens with one attached hydrogen (secondary N) is 1. The Morgan fingerprint density at radius 2 is 1.76 bits per heavy atom. The molecule has 0 spiro atoms. The average Bonchev–Trinajstić information content (AvgIpc) is 3.36. The molecule has 1 atom stereocenters. The van der Waals surface area contributed by atoms with Gasteiger partial charge in [-0.1, -0.05) is 30.3 Å². The molecule has 1 aromatic carbocycles. The first kappa shape index (κ1) is 19.4. The van der Waals surface area contributed by atoms with E-state index in [0.29, 0.717) is 12.5 Å². The summed E-state index contributed by atoms with van der Waals surface area (Å²) in [7, 11) is 1.82. The third-order valence-electron chi connectivity index (χ3n) is 4.58. The van der Waals surface area contributed by atoms with Gasteiger partial charge in [0.25, 0.3) is 0 Å². The molecule has 1 saturated carbocycles. The first-order valence-corrected chi connectivity index (χ1v) is 9.18. The van der Waals surface area contributed by atoms with Crippen LogP contribution in [-0.2, 0) is 16.1 Å². The zero-order chi connectivity index (χ0) is 18.4.